The van der Waals surface area contributed by atoms with Crippen molar-refractivity contribution in [3.8, 4) is 5.75 Å². The molecule has 0 bridgehead atoms. The van der Waals surface area contributed by atoms with Crippen molar-refractivity contribution in [3.63, 3.8) is 0 Å². The van der Waals surface area contributed by atoms with Gasteiger partial charge in [-0.25, -0.2) is 4.79 Å². The normalized spacial score (nSPS) is 12.2. The molecule has 20 heavy (non-hydrogen) atoms. The number of rotatable bonds is 3. The van der Waals surface area contributed by atoms with E-state index in [1.165, 1.54) is 20.3 Å². The van der Waals surface area contributed by atoms with Crippen LogP contribution >= 0.6 is 11.6 Å². The molecule has 6 heteroatoms. The highest BCUT2D eigenvalue weighted by atomic mass is 35.5. The number of nitrogens with zero attached hydrogens (tertiary/aromatic N) is 1. The van der Waals surface area contributed by atoms with Gasteiger partial charge in [0.15, 0.2) is 5.43 Å². The number of ether oxygens (including phenoxy) is 2. The molecule has 0 N–H and O–H groups in total. The maximum Gasteiger partial charge on any atom is 0.328 e. The summed E-state index contributed by atoms with van der Waals surface area (Å²) in [6.45, 7) is 1.69. The fourth-order valence-corrected chi connectivity index (χ4v) is 2.29. The smallest absolute Gasteiger partial charge is 0.328 e. The monoisotopic (exact) mass is 295 g/mol. The third-order valence-electron chi connectivity index (χ3n) is 3.16. The van der Waals surface area contributed by atoms with Crippen LogP contribution in [0.2, 0.25) is 5.02 Å². The zero-order chi connectivity index (χ0) is 14.9. The van der Waals surface area contributed by atoms with Gasteiger partial charge in [0.05, 0.1) is 24.8 Å². The first-order valence-electron chi connectivity index (χ1n) is 5.95. The van der Waals surface area contributed by atoms with E-state index in [0.29, 0.717) is 21.7 Å². The van der Waals surface area contributed by atoms with Gasteiger partial charge in [0.25, 0.3) is 0 Å². The molecule has 0 aliphatic carbocycles. The van der Waals surface area contributed by atoms with Crippen LogP contribution in [0.25, 0.3) is 10.9 Å². The lowest BCUT2D eigenvalue weighted by atomic mass is 10.1. The van der Waals surface area contributed by atoms with Crippen LogP contribution < -0.4 is 10.2 Å². The Labute approximate surface area is 120 Å². The Morgan fingerprint density at radius 2 is 2.05 bits per heavy atom. The molecule has 5 nitrogen and oxygen atoms in total. The Bertz CT molecular complexity index is 723. The van der Waals surface area contributed by atoms with E-state index in [-0.39, 0.29) is 5.43 Å². The molecular formula is C14H14ClNO4. The minimum absolute atomic E-state index is 0.164. The van der Waals surface area contributed by atoms with E-state index in [0.717, 1.165) is 0 Å². The van der Waals surface area contributed by atoms with Gasteiger partial charge in [-0.05, 0) is 19.1 Å². The van der Waals surface area contributed by atoms with E-state index in [1.807, 2.05) is 0 Å². The first-order chi connectivity index (χ1) is 9.49. The van der Waals surface area contributed by atoms with Crippen LogP contribution in [0.4, 0.5) is 0 Å². The van der Waals surface area contributed by atoms with E-state index < -0.39 is 12.0 Å². The van der Waals surface area contributed by atoms with Gasteiger partial charge in [0.1, 0.15) is 11.8 Å². The summed E-state index contributed by atoms with van der Waals surface area (Å²) in [5, 5.41) is 0.806. The molecule has 1 heterocycles. The second-order valence-electron chi connectivity index (χ2n) is 4.29. The standard InChI is InChI=1S/C14H14ClNO4/c1-8(14(18)20-3)16-5-4-12(17)9-6-13(19-2)10(15)7-11(9)16/h4-8H,1-3H3. The number of methoxy groups -OCH3 is 2. The lowest BCUT2D eigenvalue weighted by Crippen LogP contribution is -2.20. The van der Waals surface area contributed by atoms with Crippen molar-refractivity contribution in [2.45, 2.75) is 13.0 Å². The fraction of sp³-hybridized carbons (Fsp3) is 0.286. The molecule has 106 valence electrons. The van der Waals surface area contributed by atoms with Crippen molar-refractivity contribution in [3.05, 3.63) is 39.6 Å². The van der Waals surface area contributed by atoms with Crippen LogP contribution in [0, 0.1) is 0 Å². The molecule has 0 saturated carbocycles. The maximum absolute atomic E-state index is 11.9. The predicted octanol–water partition coefficient (Wildman–Crippen LogP) is 2.40. The second-order valence-corrected chi connectivity index (χ2v) is 4.70. The van der Waals surface area contributed by atoms with Gasteiger partial charge in [-0.3, -0.25) is 4.79 Å². The van der Waals surface area contributed by atoms with Crippen LogP contribution in [0.3, 0.4) is 0 Å². The molecule has 0 saturated heterocycles. The van der Waals surface area contributed by atoms with Crippen molar-refractivity contribution in [2.75, 3.05) is 14.2 Å². The second kappa shape index (κ2) is 5.54. The molecule has 0 aliphatic rings. The van der Waals surface area contributed by atoms with Crippen LogP contribution in [0.15, 0.2) is 29.2 Å². The Morgan fingerprint density at radius 3 is 2.65 bits per heavy atom. The molecule has 2 aromatic rings. The van der Waals surface area contributed by atoms with Gasteiger partial charge in [0, 0.05) is 17.6 Å². The average Bonchev–Trinajstić information content (AvgIpc) is 2.45. The van der Waals surface area contributed by atoms with Crippen LogP contribution in [-0.2, 0) is 9.53 Å². The van der Waals surface area contributed by atoms with E-state index >= 15 is 0 Å². The van der Waals surface area contributed by atoms with Crippen LogP contribution in [-0.4, -0.2) is 24.8 Å². The number of benzene rings is 1. The number of pyridine rings is 1. The third-order valence-corrected chi connectivity index (χ3v) is 3.46. The summed E-state index contributed by atoms with van der Waals surface area (Å²) >= 11 is 6.09. The maximum atomic E-state index is 11.9. The largest absolute Gasteiger partial charge is 0.495 e. The van der Waals surface area contributed by atoms with E-state index in [4.69, 9.17) is 21.1 Å². The number of hydrogen-bond acceptors (Lipinski definition) is 4. The Kier molecular flexibility index (Phi) is 3.99. The van der Waals surface area contributed by atoms with Gasteiger partial charge >= 0.3 is 5.97 Å². The van der Waals surface area contributed by atoms with Crippen molar-refractivity contribution >= 4 is 28.5 Å². The number of aromatic nitrogens is 1. The number of esters is 1. The summed E-state index contributed by atoms with van der Waals surface area (Å²) in [7, 11) is 2.80. The minimum atomic E-state index is -0.562. The van der Waals surface area contributed by atoms with Gasteiger partial charge in [0.2, 0.25) is 0 Å². The summed E-state index contributed by atoms with van der Waals surface area (Å²) in [5.41, 5.74) is 0.393. The first kappa shape index (κ1) is 14.4. The van der Waals surface area contributed by atoms with E-state index in [9.17, 15) is 9.59 Å². The molecule has 0 spiro atoms. The minimum Gasteiger partial charge on any atom is -0.495 e. The van der Waals surface area contributed by atoms with Crippen molar-refractivity contribution < 1.29 is 14.3 Å². The summed E-state index contributed by atoms with van der Waals surface area (Å²) in [5.74, 6) is 0.0154. The molecule has 0 radical (unpaired) electrons. The number of fused-ring (bicyclic) bond motifs is 1. The molecule has 0 aliphatic heterocycles. The van der Waals surface area contributed by atoms with Gasteiger partial charge < -0.3 is 14.0 Å². The third kappa shape index (κ3) is 2.36. The summed E-state index contributed by atoms with van der Waals surface area (Å²) < 4.78 is 11.5. The summed E-state index contributed by atoms with van der Waals surface area (Å²) in [6.07, 6.45) is 1.55. The van der Waals surface area contributed by atoms with Crippen LogP contribution in [0.5, 0.6) is 5.75 Å². The van der Waals surface area contributed by atoms with Crippen molar-refractivity contribution in [2.24, 2.45) is 0 Å². The molecule has 0 fully saturated rings. The topological polar surface area (TPSA) is 57.5 Å². The molecule has 0 amide bonds. The average molecular weight is 296 g/mol. The Balaban J connectivity index is 2.75. The fourth-order valence-electron chi connectivity index (χ4n) is 2.05. The molecule has 1 aromatic carbocycles. The first-order valence-corrected chi connectivity index (χ1v) is 6.33. The zero-order valence-electron chi connectivity index (χ0n) is 11.3. The number of carbonyl (C=O) groups is 1. The zero-order valence-corrected chi connectivity index (χ0v) is 12.1. The summed E-state index contributed by atoms with van der Waals surface area (Å²) in [4.78, 5) is 23.6. The molecular weight excluding hydrogens is 282 g/mol. The number of halogens is 1. The van der Waals surface area contributed by atoms with Crippen molar-refractivity contribution in [1.29, 1.82) is 0 Å². The quantitative estimate of drug-likeness (QED) is 0.816. The predicted molar refractivity (Wildman–Crippen MR) is 76.5 cm³/mol. The van der Waals surface area contributed by atoms with E-state index in [2.05, 4.69) is 0 Å². The highest BCUT2D eigenvalue weighted by Crippen LogP contribution is 2.29. The number of hydrogen-bond donors (Lipinski definition) is 0. The molecule has 1 atom stereocenters. The SMILES string of the molecule is COC(=O)C(C)n1ccc(=O)c2cc(OC)c(Cl)cc21. The van der Waals surface area contributed by atoms with Crippen LogP contribution in [0.1, 0.15) is 13.0 Å². The van der Waals surface area contributed by atoms with Crippen molar-refractivity contribution in [1.82, 2.24) is 4.57 Å². The van der Waals surface area contributed by atoms with E-state index in [1.54, 1.807) is 29.8 Å². The highest BCUT2D eigenvalue weighted by Gasteiger charge is 2.18. The lowest BCUT2D eigenvalue weighted by molar-refractivity contribution is -0.143. The van der Waals surface area contributed by atoms with Gasteiger partial charge in [-0.15, -0.1) is 0 Å². The molecule has 2 rings (SSSR count). The molecule has 1 unspecified atom stereocenters. The van der Waals surface area contributed by atoms with Gasteiger partial charge in [-0.1, -0.05) is 11.6 Å². The summed E-state index contributed by atoms with van der Waals surface area (Å²) in [6, 6.07) is 4.01. The Hall–Kier alpha value is -2.01. The molecule has 1 aromatic heterocycles. The highest BCUT2D eigenvalue weighted by molar-refractivity contribution is 6.32. The van der Waals surface area contributed by atoms with Gasteiger partial charge in [-0.2, -0.15) is 0 Å². The number of carbonyl (C=O) groups excluding carboxylic acids is 1. The lowest BCUT2D eigenvalue weighted by Gasteiger charge is -2.17. The Morgan fingerprint density at radius 1 is 1.35 bits per heavy atom.